The van der Waals surface area contributed by atoms with Crippen LogP contribution >= 0.6 is 0 Å². The van der Waals surface area contributed by atoms with Gasteiger partial charge >= 0.3 is 6.18 Å². The van der Waals surface area contributed by atoms with Crippen molar-refractivity contribution in [3.8, 4) is 11.1 Å². The second-order valence-electron chi connectivity index (χ2n) is 5.66. The molecule has 0 aliphatic rings. The Hall–Kier alpha value is -3.10. The van der Waals surface area contributed by atoms with Crippen LogP contribution < -0.4 is 5.32 Å². The molecule has 0 bridgehead atoms. The summed E-state index contributed by atoms with van der Waals surface area (Å²) in [5.74, 6) is -0.0791. The van der Waals surface area contributed by atoms with Crippen molar-refractivity contribution in [2.75, 3.05) is 5.32 Å². The normalized spacial score (nSPS) is 13.4. The number of hydrogen-bond donors (Lipinski definition) is 1. The lowest BCUT2D eigenvalue weighted by atomic mass is 10.1. The first-order valence-electron chi connectivity index (χ1n) is 7.52. The summed E-state index contributed by atoms with van der Waals surface area (Å²) >= 11 is 0. The Balaban J connectivity index is 1.70. The SMILES string of the molecule is C[C@@H](Nc1ncc2c(-c3ccc4nccn4c3)ccn2n1)C(F)(F)F. The molecular weight excluding hydrogens is 333 g/mol. The molecule has 0 radical (unpaired) electrons. The lowest BCUT2D eigenvalue weighted by molar-refractivity contribution is -0.138. The fraction of sp³-hybridized carbons (Fsp3) is 0.188. The second kappa shape index (κ2) is 5.47. The first-order valence-corrected chi connectivity index (χ1v) is 7.52. The van der Waals surface area contributed by atoms with Gasteiger partial charge in [-0.15, -0.1) is 5.10 Å². The maximum Gasteiger partial charge on any atom is 0.408 e. The number of halogens is 3. The van der Waals surface area contributed by atoms with Gasteiger partial charge in [-0.1, -0.05) is 0 Å². The van der Waals surface area contributed by atoms with E-state index in [-0.39, 0.29) is 5.95 Å². The molecule has 4 aromatic heterocycles. The number of aromatic nitrogens is 5. The summed E-state index contributed by atoms with van der Waals surface area (Å²) < 4.78 is 41.3. The molecule has 4 rings (SSSR count). The molecule has 1 atom stereocenters. The standard InChI is InChI=1S/C16H13F3N6/c1-10(16(17,18)19)22-15-21-8-13-12(4-6-25(13)23-15)11-2-3-14-20-5-7-24(14)9-11/h2-10H,1H3,(H,22,23)/t10-/m1/s1. The van der Waals surface area contributed by atoms with E-state index in [0.29, 0.717) is 5.52 Å². The number of hydrogen-bond acceptors (Lipinski definition) is 4. The number of fused-ring (bicyclic) bond motifs is 2. The van der Waals surface area contributed by atoms with Gasteiger partial charge in [-0.25, -0.2) is 14.5 Å². The summed E-state index contributed by atoms with van der Waals surface area (Å²) in [5, 5.41) is 6.37. The zero-order chi connectivity index (χ0) is 17.6. The molecule has 9 heteroatoms. The van der Waals surface area contributed by atoms with Gasteiger partial charge in [0, 0.05) is 35.9 Å². The summed E-state index contributed by atoms with van der Waals surface area (Å²) in [5.41, 5.74) is 3.34. The molecule has 0 saturated carbocycles. The number of alkyl halides is 3. The number of nitrogens with one attached hydrogen (secondary N) is 1. The smallest absolute Gasteiger partial charge is 0.341 e. The Bertz CT molecular complexity index is 1050. The highest BCUT2D eigenvalue weighted by molar-refractivity contribution is 5.80. The number of nitrogens with zero attached hydrogens (tertiary/aromatic N) is 5. The Kier molecular flexibility index (Phi) is 3.38. The maximum atomic E-state index is 12.6. The summed E-state index contributed by atoms with van der Waals surface area (Å²) in [6, 6.07) is 3.93. The molecule has 0 aliphatic heterocycles. The molecule has 0 unspecified atom stereocenters. The molecule has 0 spiro atoms. The zero-order valence-corrected chi connectivity index (χ0v) is 13.1. The summed E-state index contributed by atoms with van der Waals surface area (Å²) in [7, 11) is 0. The van der Waals surface area contributed by atoms with Crippen molar-refractivity contribution in [3.63, 3.8) is 0 Å². The average Bonchev–Trinajstić information content (AvgIpc) is 3.19. The molecule has 0 aromatic carbocycles. The minimum atomic E-state index is -4.36. The van der Waals surface area contributed by atoms with Crippen LogP contribution in [-0.2, 0) is 0 Å². The Morgan fingerprint density at radius 2 is 1.96 bits per heavy atom. The van der Waals surface area contributed by atoms with E-state index >= 15 is 0 Å². The zero-order valence-electron chi connectivity index (χ0n) is 13.1. The van der Waals surface area contributed by atoms with Crippen molar-refractivity contribution in [1.82, 2.24) is 24.0 Å². The predicted molar refractivity (Wildman–Crippen MR) is 86.3 cm³/mol. The third-order valence-electron chi connectivity index (χ3n) is 3.95. The van der Waals surface area contributed by atoms with Crippen molar-refractivity contribution in [3.05, 3.63) is 49.2 Å². The summed E-state index contributed by atoms with van der Waals surface area (Å²) in [4.78, 5) is 8.20. The van der Waals surface area contributed by atoms with Gasteiger partial charge in [-0.3, -0.25) is 0 Å². The minimum absolute atomic E-state index is 0.0791. The highest BCUT2D eigenvalue weighted by atomic mass is 19.4. The van der Waals surface area contributed by atoms with Crippen molar-refractivity contribution in [2.24, 2.45) is 0 Å². The van der Waals surface area contributed by atoms with Crippen LogP contribution in [0.25, 0.3) is 22.3 Å². The van der Waals surface area contributed by atoms with Crippen molar-refractivity contribution in [2.45, 2.75) is 19.1 Å². The number of imidazole rings is 1. The highest BCUT2D eigenvalue weighted by Crippen LogP contribution is 2.26. The molecule has 128 valence electrons. The minimum Gasteiger partial charge on any atom is -0.341 e. The molecule has 0 amide bonds. The molecule has 0 aliphatic carbocycles. The van der Waals surface area contributed by atoms with Crippen LogP contribution in [0.3, 0.4) is 0 Å². The topological polar surface area (TPSA) is 59.5 Å². The summed E-state index contributed by atoms with van der Waals surface area (Å²) in [6.07, 6.45) is 4.31. The number of rotatable bonds is 3. The van der Waals surface area contributed by atoms with Gasteiger partial charge in [0.1, 0.15) is 11.7 Å². The van der Waals surface area contributed by atoms with Crippen LogP contribution in [0.2, 0.25) is 0 Å². The van der Waals surface area contributed by atoms with Crippen LogP contribution in [0.15, 0.2) is 49.2 Å². The van der Waals surface area contributed by atoms with Gasteiger partial charge in [0.2, 0.25) is 5.95 Å². The second-order valence-corrected chi connectivity index (χ2v) is 5.66. The van der Waals surface area contributed by atoms with E-state index in [1.165, 1.54) is 10.7 Å². The van der Waals surface area contributed by atoms with Gasteiger partial charge in [0.05, 0.1) is 11.7 Å². The third kappa shape index (κ3) is 2.77. The van der Waals surface area contributed by atoms with E-state index in [1.807, 2.05) is 35.0 Å². The van der Waals surface area contributed by atoms with Crippen molar-refractivity contribution in [1.29, 1.82) is 0 Å². The largest absolute Gasteiger partial charge is 0.408 e. The third-order valence-corrected chi connectivity index (χ3v) is 3.95. The van der Waals surface area contributed by atoms with E-state index in [4.69, 9.17) is 0 Å². The first kappa shape index (κ1) is 15.4. The number of anilines is 1. The van der Waals surface area contributed by atoms with Crippen LogP contribution in [0, 0.1) is 0 Å². The van der Waals surface area contributed by atoms with Gasteiger partial charge in [-0.05, 0) is 25.1 Å². The molecule has 25 heavy (non-hydrogen) atoms. The molecule has 6 nitrogen and oxygen atoms in total. The first-order chi connectivity index (χ1) is 11.9. The molecule has 4 heterocycles. The lowest BCUT2D eigenvalue weighted by Gasteiger charge is -2.16. The van der Waals surface area contributed by atoms with Crippen molar-refractivity contribution >= 4 is 17.1 Å². The predicted octanol–water partition coefficient (Wildman–Crippen LogP) is 3.41. The van der Waals surface area contributed by atoms with Crippen LogP contribution in [-0.4, -0.2) is 36.2 Å². The Morgan fingerprint density at radius 3 is 2.76 bits per heavy atom. The van der Waals surface area contributed by atoms with E-state index in [1.54, 1.807) is 12.4 Å². The molecule has 0 saturated heterocycles. The van der Waals surface area contributed by atoms with Gasteiger partial charge in [-0.2, -0.15) is 13.2 Å². The quantitative estimate of drug-likeness (QED) is 0.618. The summed E-state index contributed by atoms with van der Waals surface area (Å²) in [6.45, 7) is 1.02. The van der Waals surface area contributed by atoms with Gasteiger partial charge in [0.15, 0.2) is 0 Å². The van der Waals surface area contributed by atoms with Gasteiger partial charge in [0.25, 0.3) is 0 Å². The van der Waals surface area contributed by atoms with E-state index < -0.39 is 12.2 Å². The van der Waals surface area contributed by atoms with Crippen LogP contribution in [0.5, 0.6) is 0 Å². The Labute approximate surface area is 139 Å². The molecule has 1 N–H and O–H groups in total. The van der Waals surface area contributed by atoms with Gasteiger partial charge < -0.3 is 9.72 Å². The molecule has 4 aromatic rings. The molecule has 0 fully saturated rings. The molecular formula is C16H13F3N6. The average molecular weight is 346 g/mol. The van der Waals surface area contributed by atoms with E-state index in [9.17, 15) is 13.2 Å². The Morgan fingerprint density at radius 1 is 1.12 bits per heavy atom. The van der Waals surface area contributed by atoms with E-state index in [2.05, 4.69) is 20.4 Å². The lowest BCUT2D eigenvalue weighted by Crippen LogP contribution is -2.33. The van der Waals surface area contributed by atoms with Crippen LogP contribution in [0.4, 0.5) is 19.1 Å². The van der Waals surface area contributed by atoms with Crippen LogP contribution in [0.1, 0.15) is 6.92 Å². The monoisotopic (exact) mass is 346 g/mol. The maximum absolute atomic E-state index is 12.6. The van der Waals surface area contributed by atoms with Crippen molar-refractivity contribution < 1.29 is 13.2 Å². The number of pyridine rings is 1. The highest BCUT2D eigenvalue weighted by Gasteiger charge is 2.36. The fourth-order valence-electron chi connectivity index (χ4n) is 2.57. The fourth-order valence-corrected chi connectivity index (χ4v) is 2.57. The van der Waals surface area contributed by atoms with E-state index in [0.717, 1.165) is 23.7 Å².